The molecule has 7 nitrogen and oxygen atoms in total. The first kappa shape index (κ1) is 20.8. The molecule has 29 heavy (non-hydrogen) atoms. The fourth-order valence-electron chi connectivity index (χ4n) is 3.20. The molecule has 8 heteroatoms. The zero-order valence-corrected chi connectivity index (χ0v) is 16.9. The van der Waals surface area contributed by atoms with E-state index in [0.29, 0.717) is 12.1 Å². The molecule has 1 N–H and O–H groups in total. The number of para-hydroxylation sites is 1. The third-order valence-electron chi connectivity index (χ3n) is 4.88. The SMILES string of the molecule is CN1CCN(c2ccccc2CNC(=O)/C=C/c2ccc(Cl)c([N+](=O)[O-])c2)CC1. The lowest BCUT2D eigenvalue weighted by molar-refractivity contribution is -0.384. The first-order valence-electron chi connectivity index (χ1n) is 9.35. The highest BCUT2D eigenvalue weighted by Gasteiger charge is 2.17. The van der Waals surface area contributed by atoms with Crippen LogP contribution in [0.2, 0.25) is 5.02 Å². The van der Waals surface area contributed by atoms with Crippen molar-refractivity contribution in [1.29, 1.82) is 0 Å². The third-order valence-corrected chi connectivity index (χ3v) is 5.20. The number of nitrogens with one attached hydrogen (secondary N) is 1. The van der Waals surface area contributed by atoms with E-state index in [1.165, 1.54) is 24.3 Å². The number of likely N-dealkylation sites (N-methyl/N-ethyl adjacent to an activating group) is 1. The van der Waals surface area contributed by atoms with Crippen LogP contribution >= 0.6 is 11.6 Å². The molecule has 1 aliphatic heterocycles. The standard InChI is InChI=1S/C21H23ClN4O3/c1-24-10-12-25(13-11-24)19-5-3-2-4-17(19)15-23-21(27)9-7-16-6-8-18(22)20(14-16)26(28)29/h2-9,14H,10-13,15H2,1H3,(H,23,27)/b9-7+. The summed E-state index contributed by atoms with van der Waals surface area (Å²) in [6.45, 7) is 4.34. The molecular formula is C21H23ClN4O3. The summed E-state index contributed by atoms with van der Waals surface area (Å²) in [7, 11) is 2.12. The number of benzene rings is 2. The Bertz CT molecular complexity index is 924. The number of carbonyl (C=O) groups is 1. The minimum atomic E-state index is -0.547. The van der Waals surface area contributed by atoms with E-state index in [0.717, 1.165) is 37.4 Å². The lowest BCUT2D eigenvalue weighted by Crippen LogP contribution is -2.45. The predicted molar refractivity (Wildman–Crippen MR) is 115 cm³/mol. The molecule has 1 amide bonds. The zero-order valence-electron chi connectivity index (χ0n) is 16.2. The van der Waals surface area contributed by atoms with Gasteiger partial charge >= 0.3 is 0 Å². The van der Waals surface area contributed by atoms with Gasteiger partial charge in [0.1, 0.15) is 5.02 Å². The molecule has 0 saturated carbocycles. The van der Waals surface area contributed by atoms with Gasteiger partial charge in [0, 0.05) is 50.6 Å². The number of halogens is 1. The zero-order chi connectivity index (χ0) is 20.8. The summed E-state index contributed by atoms with van der Waals surface area (Å²) >= 11 is 5.81. The molecule has 1 saturated heterocycles. The van der Waals surface area contributed by atoms with E-state index in [1.54, 1.807) is 6.07 Å². The average molecular weight is 415 g/mol. The van der Waals surface area contributed by atoms with Crippen molar-refractivity contribution in [2.45, 2.75) is 6.54 Å². The second-order valence-electron chi connectivity index (χ2n) is 6.94. The normalized spacial score (nSPS) is 14.9. The maximum atomic E-state index is 12.2. The number of hydrogen-bond acceptors (Lipinski definition) is 5. The van der Waals surface area contributed by atoms with Gasteiger partial charge in [-0.25, -0.2) is 0 Å². The van der Waals surface area contributed by atoms with E-state index in [-0.39, 0.29) is 16.6 Å². The Labute approximate surface area is 174 Å². The molecule has 0 spiro atoms. The summed E-state index contributed by atoms with van der Waals surface area (Å²) in [5.74, 6) is -0.268. The molecule has 0 aromatic heterocycles. The van der Waals surface area contributed by atoms with Crippen LogP contribution in [-0.2, 0) is 11.3 Å². The minimum Gasteiger partial charge on any atom is -0.369 e. The smallest absolute Gasteiger partial charge is 0.288 e. The van der Waals surface area contributed by atoms with Crippen molar-refractivity contribution in [2.75, 3.05) is 38.1 Å². The highest BCUT2D eigenvalue weighted by atomic mass is 35.5. The molecule has 1 fully saturated rings. The maximum absolute atomic E-state index is 12.2. The Hall–Kier alpha value is -2.90. The van der Waals surface area contributed by atoms with Crippen molar-refractivity contribution in [3.63, 3.8) is 0 Å². The van der Waals surface area contributed by atoms with Gasteiger partial charge in [-0.3, -0.25) is 14.9 Å². The average Bonchev–Trinajstić information content (AvgIpc) is 2.72. The number of nitro benzene ring substituents is 1. The molecule has 0 aliphatic carbocycles. The number of piperazine rings is 1. The molecule has 152 valence electrons. The van der Waals surface area contributed by atoms with E-state index in [9.17, 15) is 14.9 Å². The fourth-order valence-corrected chi connectivity index (χ4v) is 3.39. The van der Waals surface area contributed by atoms with Gasteiger partial charge in [-0.2, -0.15) is 0 Å². The maximum Gasteiger partial charge on any atom is 0.288 e. The van der Waals surface area contributed by atoms with Crippen LogP contribution in [0.1, 0.15) is 11.1 Å². The Morgan fingerprint density at radius 2 is 1.93 bits per heavy atom. The van der Waals surface area contributed by atoms with Gasteiger partial charge in [0.05, 0.1) is 4.92 Å². The number of hydrogen-bond donors (Lipinski definition) is 1. The third kappa shape index (κ3) is 5.56. The van der Waals surface area contributed by atoms with E-state index in [2.05, 4.69) is 28.2 Å². The van der Waals surface area contributed by atoms with Gasteiger partial charge in [-0.15, -0.1) is 0 Å². The summed E-state index contributed by atoms with van der Waals surface area (Å²) in [5.41, 5.74) is 2.54. The second-order valence-corrected chi connectivity index (χ2v) is 7.35. The number of nitro groups is 1. The van der Waals surface area contributed by atoms with Crippen LogP contribution in [0.25, 0.3) is 6.08 Å². The van der Waals surface area contributed by atoms with Crippen LogP contribution in [-0.4, -0.2) is 49.0 Å². The van der Waals surface area contributed by atoms with Crippen molar-refractivity contribution < 1.29 is 9.72 Å². The molecule has 0 unspecified atom stereocenters. The van der Waals surface area contributed by atoms with E-state index in [4.69, 9.17) is 11.6 Å². The molecular weight excluding hydrogens is 392 g/mol. The monoisotopic (exact) mass is 414 g/mol. The molecule has 1 aliphatic rings. The molecule has 0 bridgehead atoms. The van der Waals surface area contributed by atoms with Crippen LogP contribution in [0.4, 0.5) is 11.4 Å². The Kier molecular flexibility index (Phi) is 6.85. The van der Waals surface area contributed by atoms with Gasteiger partial charge in [-0.05, 0) is 36.4 Å². The first-order chi connectivity index (χ1) is 13.9. The lowest BCUT2D eigenvalue weighted by atomic mass is 10.1. The largest absolute Gasteiger partial charge is 0.369 e. The topological polar surface area (TPSA) is 78.7 Å². The highest BCUT2D eigenvalue weighted by molar-refractivity contribution is 6.32. The van der Waals surface area contributed by atoms with Gasteiger partial charge in [0.25, 0.3) is 5.69 Å². The molecule has 2 aromatic carbocycles. The van der Waals surface area contributed by atoms with E-state index >= 15 is 0 Å². The molecule has 1 heterocycles. The number of carbonyl (C=O) groups excluding carboxylic acids is 1. The van der Waals surface area contributed by atoms with Crippen molar-refractivity contribution in [3.8, 4) is 0 Å². The van der Waals surface area contributed by atoms with Crippen molar-refractivity contribution in [3.05, 3.63) is 74.8 Å². The van der Waals surface area contributed by atoms with E-state index < -0.39 is 4.92 Å². The highest BCUT2D eigenvalue weighted by Crippen LogP contribution is 2.25. The van der Waals surface area contributed by atoms with E-state index in [1.807, 2.05) is 18.2 Å². The molecule has 2 aromatic rings. The number of nitrogens with zero attached hydrogens (tertiary/aromatic N) is 3. The Morgan fingerprint density at radius 3 is 2.66 bits per heavy atom. The van der Waals surface area contributed by atoms with Crippen molar-refractivity contribution in [2.24, 2.45) is 0 Å². The van der Waals surface area contributed by atoms with Gasteiger partial charge < -0.3 is 15.1 Å². The van der Waals surface area contributed by atoms with Crippen molar-refractivity contribution in [1.82, 2.24) is 10.2 Å². The van der Waals surface area contributed by atoms with Crippen LogP contribution in [0, 0.1) is 10.1 Å². The second kappa shape index (κ2) is 9.54. The minimum absolute atomic E-state index is 0.0668. The molecule has 3 rings (SSSR count). The van der Waals surface area contributed by atoms with Gasteiger partial charge in [0.2, 0.25) is 5.91 Å². The summed E-state index contributed by atoms with van der Waals surface area (Å²) in [5, 5.41) is 13.9. The summed E-state index contributed by atoms with van der Waals surface area (Å²) in [6.07, 6.45) is 2.90. The molecule has 0 atom stereocenters. The van der Waals surface area contributed by atoms with Crippen molar-refractivity contribution >= 4 is 35.0 Å². The van der Waals surface area contributed by atoms with Gasteiger partial charge in [-0.1, -0.05) is 35.9 Å². The Balaban J connectivity index is 1.62. The summed E-state index contributed by atoms with van der Waals surface area (Å²) < 4.78 is 0. The Morgan fingerprint density at radius 1 is 1.21 bits per heavy atom. The van der Waals surface area contributed by atoms with Gasteiger partial charge in [0.15, 0.2) is 0 Å². The first-order valence-corrected chi connectivity index (χ1v) is 9.73. The van der Waals surface area contributed by atoms with Crippen LogP contribution < -0.4 is 10.2 Å². The number of amides is 1. The predicted octanol–water partition coefficient (Wildman–Crippen LogP) is 3.33. The quantitative estimate of drug-likeness (QED) is 0.445. The lowest BCUT2D eigenvalue weighted by Gasteiger charge is -2.35. The summed E-state index contributed by atoms with van der Waals surface area (Å²) in [4.78, 5) is 27.3. The molecule has 0 radical (unpaired) electrons. The number of rotatable bonds is 6. The van der Waals surface area contributed by atoms with Crippen LogP contribution in [0.15, 0.2) is 48.5 Å². The fraction of sp³-hybridized carbons (Fsp3) is 0.286. The summed E-state index contributed by atoms with van der Waals surface area (Å²) in [6, 6.07) is 12.5. The van der Waals surface area contributed by atoms with Crippen LogP contribution in [0.5, 0.6) is 0 Å². The number of anilines is 1. The van der Waals surface area contributed by atoms with Crippen LogP contribution in [0.3, 0.4) is 0 Å².